The molecule has 2 aromatic rings. The Morgan fingerprint density at radius 1 is 1.20 bits per heavy atom. The molecule has 164 valence electrons. The van der Waals surface area contributed by atoms with Crippen LogP contribution in [0.4, 0.5) is 33.5 Å². The Bertz CT molecular complexity index is 946. The van der Waals surface area contributed by atoms with Gasteiger partial charge in [0.2, 0.25) is 0 Å². The van der Waals surface area contributed by atoms with Crippen LogP contribution in [0.1, 0.15) is 15.9 Å². The largest absolute Gasteiger partial charge is 0.417 e. The molecule has 0 fully saturated rings. The lowest BCUT2D eigenvalue weighted by Gasteiger charge is -2.16. The van der Waals surface area contributed by atoms with Gasteiger partial charge in [0, 0.05) is 6.20 Å². The number of hydroxylamine groups is 1. The van der Waals surface area contributed by atoms with Gasteiger partial charge in [0.1, 0.15) is 18.5 Å². The minimum Gasteiger partial charge on any atom is -0.394 e. The van der Waals surface area contributed by atoms with Gasteiger partial charge in [-0.1, -0.05) is 23.2 Å². The second kappa shape index (κ2) is 9.71. The van der Waals surface area contributed by atoms with Crippen LogP contribution in [0.15, 0.2) is 18.3 Å². The summed E-state index contributed by atoms with van der Waals surface area (Å²) in [4.78, 5) is 20.3. The van der Waals surface area contributed by atoms with E-state index in [9.17, 15) is 26.7 Å². The number of alkyl halides is 3. The summed E-state index contributed by atoms with van der Waals surface area (Å²) >= 11 is 11.3. The monoisotopic (exact) mass is 475 g/mol. The van der Waals surface area contributed by atoms with Crippen molar-refractivity contribution in [3.8, 4) is 0 Å². The summed E-state index contributed by atoms with van der Waals surface area (Å²) in [5.74, 6) is -4.85. The fraction of sp³-hybridized carbons (Fsp3) is 0.250. The lowest BCUT2D eigenvalue weighted by atomic mass is 10.1. The Hall–Kier alpha value is -2.25. The van der Waals surface area contributed by atoms with Crippen molar-refractivity contribution in [2.75, 3.05) is 18.5 Å². The molecule has 0 unspecified atom stereocenters. The maximum atomic E-state index is 14.4. The molecule has 2 rings (SSSR count). The van der Waals surface area contributed by atoms with Crippen molar-refractivity contribution in [2.24, 2.45) is 0 Å². The molecule has 7 nitrogen and oxygen atoms in total. The van der Waals surface area contributed by atoms with E-state index in [-0.39, 0.29) is 0 Å². The number of aliphatic hydroxyl groups excluding tert-OH is 2. The molecule has 0 spiro atoms. The molecule has 0 radical (unpaired) electrons. The Morgan fingerprint density at radius 2 is 1.87 bits per heavy atom. The number of hydrogen-bond acceptors (Lipinski definition) is 6. The zero-order chi connectivity index (χ0) is 22.6. The molecule has 1 aromatic heterocycles. The second-order valence-electron chi connectivity index (χ2n) is 5.66. The lowest BCUT2D eigenvalue weighted by molar-refractivity contribution is -0.137. The lowest BCUT2D eigenvalue weighted by Crippen LogP contribution is -2.30. The summed E-state index contributed by atoms with van der Waals surface area (Å²) < 4.78 is 66.4. The standard InChI is InChI=1S/C16H12Cl2F5N3O4/c17-9-2-8(15(29)26-30-5-7(28)4-27)13(12(20)11(9)19)25-14-10(18)1-6(3-24-14)16(21,22)23/h1-3,7,27-28H,4-5H2,(H,24,25)(H,26,29)/t7-/m1/s1. The number of aromatic nitrogens is 1. The highest BCUT2D eigenvalue weighted by molar-refractivity contribution is 6.33. The third-order valence-corrected chi connectivity index (χ3v) is 4.03. The molecule has 30 heavy (non-hydrogen) atoms. The van der Waals surface area contributed by atoms with Gasteiger partial charge >= 0.3 is 6.18 Å². The number of pyridine rings is 1. The Labute approximate surface area is 175 Å². The molecular formula is C16H12Cl2F5N3O4. The van der Waals surface area contributed by atoms with E-state index in [1.54, 1.807) is 0 Å². The van der Waals surface area contributed by atoms with E-state index >= 15 is 0 Å². The predicted octanol–water partition coefficient (Wildman–Crippen LogP) is 3.44. The summed E-state index contributed by atoms with van der Waals surface area (Å²) in [5, 5.41) is 18.6. The van der Waals surface area contributed by atoms with E-state index < -0.39 is 75.7 Å². The first-order valence-corrected chi connectivity index (χ1v) is 8.59. The third-order valence-electron chi connectivity index (χ3n) is 3.47. The predicted molar refractivity (Wildman–Crippen MR) is 95.4 cm³/mol. The summed E-state index contributed by atoms with van der Waals surface area (Å²) in [6, 6.07) is 1.22. The summed E-state index contributed by atoms with van der Waals surface area (Å²) in [6.07, 6.45) is -5.67. The maximum Gasteiger partial charge on any atom is 0.417 e. The number of carbonyl (C=O) groups excluding carboxylic acids is 1. The minimum atomic E-state index is -4.74. The second-order valence-corrected chi connectivity index (χ2v) is 6.48. The number of hydrogen-bond donors (Lipinski definition) is 4. The summed E-state index contributed by atoms with van der Waals surface area (Å²) in [5.41, 5.74) is -0.831. The number of rotatable bonds is 7. The first kappa shape index (κ1) is 24.0. The normalized spacial score (nSPS) is 12.6. The molecule has 4 N–H and O–H groups in total. The molecule has 1 aromatic carbocycles. The highest BCUT2D eigenvalue weighted by Gasteiger charge is 2.32. The topological polar surface area (TPSA) is 104 Å². The molecule has 14 heteroatoms. The Kier molecular flexibility index (Phi) is 7.77. The number of amides is 1. The molecule has 0 saturated heterocycles. The minimum absolute atomic E-state index is 0.400. The van der Waals surface area contributed by atoms with Gasteiger partial charge in [-0.25, -0.2) is 19.2 Å². The van der Waals surface area contributed by atoms with Crippen molar-refractivity contribution in [1.29, 1.82) is 0 Å². The first-order valence-electron chi connectivity index (χ1n) is 7.84. The van der Waals surface area contributed by atoms with Gasteiger partial charge in [0.25, 0.3) is 5.91 Å². The van der Waals surface area contributed by atoms with Crippen LogP contribution in [0.2, 0.25) is 10.0 Å². The number of nitrogens with zero attached hydrogens (tertiary/aromatic N) is 1. The van der Waals surface area contributed by atoms with Crippen LogP contribution in [0, 0.1) is 11.6 Å². The smallest absolute Gasteiger partial charge is 0.394 e. The van der Waals surface area contributed by atoms with Gasteiger partial charge in [0.05, 0.1) is 33.5 Å². The number of halogens is 7. The van der Waals surface area contributed by atoms with E-state index in [0.717, 1.165) is 6.07 Å². The van der Waals surface area contributed by atoms with Gasteiger partial charge in [-0.2, -0.15) is 13.2 Å². The van der Waals surface area contributed by atoms with E-state index in [1.165, 1.54) is 0 Å². The van der Waals surface area contributed by atoms with Gasteiger partial charge in [-0.05, 0) is 12.1 Å². The zero-order valence-corrected chi connectivity index (χ0v) is 16.0. The van der Waals surface area contributed by atoms with Gasteiger partial charge < -0.3 is 15.5 Å². The van der Waals surface area contributed by atoms with Crippen LogP contribution < -0.4 is 10.8 Å². The van der Waals surface area contributed by atoms with Gasteiger partial charge in [0.15, 0.2) is 11.6 Å². The number of nitrogens with one attached hydrogen (secondary N) is 2. The quantitative estimate of drug-likeness (QED) is 0.278. The molecular weight excluding hydrogens is 464 g/mol. The number of benzene rings is 1. The zero-order valence-electron chi connectivity index (χ0n) is 14.5. The third kappa shape index (κ3) is 5.67. The fourth-order valence-corrected chi connectivity index (χ4v) is 2.42. The Balaban J connectivity index is 2.37. The van der Waals surface area contributed by atoms with Crippen LogP contribution >= 0.6 is 23.2 Å². The van der Waals surface area contributed by atoms with E-state index in [2.05, 4.69) is 15.1 Å². The van der Waals surface area contributed by atoms with Gasteiger partial charge in [-0.3, -0.25) is 9.63 Å². The van der Waals surface area contributed by atoms with E-state index in [1.807, 2.05) is 5.48 Å². The maximum absolute atomic E-state index is 14.4. The van der Waals surface area contributed by atoms with Gasteiger partial charge in [-0.15, -0.1) is 0 Å². The van der Waals surface area contributed by atoms with Crippen LogP contribution in [-0.2, 0) is 11.0 Å². The molecule has 0 saturated carbocycles. The molecule has 0 aliphatic heterocycles. The molecule has 0 aliphatic carbocycles. The van der Waals surface area contributed by atoms with E-state index in [4.69, 9.17) is 33.4 Å². The number of aliphatic hydroxyl groups is 2. The Morgan fingerprint density at radius 3 is 2.43 bits per heavy atom. The van der Waals surface area contributed by atoms with Crippen molar-refractivity contribution in [3.63, 3.8) is 0 Å². The van der Waals surface area contributed by atoms with Crippen molar-refractivity contribution in [2.45, 2.75) is 12.3 Å². The first-order chi connectivity index (χ1) is 14.0. The highest BCUT2D eigenvalue weighted by atomic mass is 35.5. The average molecular weight is 476 g/mol. The number of anilines is 2. The van der Waals surface area contributed by atoms with E-state index in [0.29, 0.717) is 12.3 Å². The molecule has 1 amide bonds. The van der Waals surface area contributed by atoms with Crippen LogP contribution in [-0.4, -0.2) is 40.4 Å². The molecule has 0 bridgehead atoms. The van der Waals surface area contributed by atoms with Crippen LogP contribution in [0.5, 0.6) is 0 Å². The van der Waals surface area contributed by atoms with Crippen LogP contribution in [0.25, 0.3) is 0 Å². The SMILES string of the molecule is O=C(NOC[C@H](O)CO)c1cc(Cl)c(F)c(F)c1Nc1ncc(C(F)(F)F)cc1Cl. The molecule has 0 aliphatic rings. The molecule has 1 heterocycles. The van der Waals surface area contributed by atoms with Crippen molar-refractivity contribution < 1.29 is 41.8 Å². The number of carbonyl (C=O) groups is 1. The van der Waals surface area contributed by atoms with Crippen molar-refractivity contribution >= 4 is 40.6 Å². The molecule has 1 atom stereocenters. The fourth-order valence-electron chi connectivity index (χ4n) is 2.01. The highest BCUT2D eigenvalue weighted by Crippen LogP contribution is 2.35. The van der Waals surface area contributed by atoms with Crippen molar-refractivity contribution in [3.05, 3.63) is 51.1 Å². The average Bonchev–Trinajstić information content (AvgIpc) is 2.68. The van der Waals surface area contributed by atoms with Crippen molar-refractivity contribution in [1.82, 2.24) is 10.5 Å². The van der Waals surface area contributed by atoms with Crippen LogP contribution in [0.3, 0.4) is 0 Å². The summed E-state index contributed by atoms with van der Waals surface area (Å²) in [6.45, 7) is -1.20. The summed E-state index contributed by atoms with van der Waals surface area (Å²) in [7, 11) is 0.